The Bertz CT molecular complexity index is 520. The van der Waals surface area contributed by atoms with Crippen molar-refractivity contribution in [3.05, 3.63) is 24.0 Å². The molecule has 0 bridgehead atoms. The molecule has 0 atom stereocenters. The van der Waals surface area contributed by atoms with Gasteiger partial charge in [-0.05, 0) is 39.0 Å². The second kappa shape index (κ2) is 5.79. The van der Waals surface area contributed by atoms with Crippen molar-refractivity contribution >= 4 is 17.5 Å². The normalized spacial score (nSPS) is 16.0. The van der Waals surface area contributed by atoms with Gasteiger partial charge in [-0.3, -0.25) is 0 Å². The second-order valence-electron chi connectivity index (χ2n) is 6.16. The number of nitrogens with zero attached hydrogens (tertiary/aromatic N) is 2. The molecular formula is C15H22FN3O2. The smallest absolute Gasteiger partial charge is 0.410 e. The summed E-state index contributed by atoms with van der Waals surface area (Å²) in [5.41, 5.74) is 6.61. The fourth-order valence-electron chi connectivity index (χ4n) is 2.25. The molecule has 1 aliphatic rings. The Kier molecular flexibility index (Phi) is 4.25. The maximum absolute atomic E-state index is 13.3. The Balaban J connectivity index is 1.97. The number of anilines is 2. The minimum absolute atomic E-state index is 0.311. The predicted molar refractivity (Wildman–Crippen MR) is 80.8 cm³/mol. The molecule has 1 saturated heterocycles. The summed E-state index contributed by atoms with van der Waals surface area (Å²) in [4.78, 5) is 15.6. The molecule has 0 aromatic heterocycles. The minimum atomic E-state index is -0.499. The first-order chi connectivity index (χ1) is 9.76. The third-order valence-corrected chi connectivity index (χ3v) is 3.26. The molecular weight excluding hydrogens is 273 g/mol. The Hall–Kier alpha value is -1.98. The number of hydrogen-bond donors (Lipinski definition) is 1. The van der Waals surface area contributed by atoms with Gasteiger partial charge in [0.05, 0.1) is 11.4 Å². The lowest BCUT2D eigenvalue weighted by atomic mass is 10.2. The highest BCUT2D eigenvalue weighted by molar-refractivity contribution is 5.70. The number of rotatable bonds is 1. The number of piperazine rings is 1. The maximum atomic E-state index is 13.3. The molecule has 5 nitrogen and oxygen atoms in total. The first-order valence-corrected chi connectivity index (χ1v) is 7.04. The van der Waals surface area contributed by atoms with E-state index >= 15 is 0 Å². The Morgan fingerprint density at radius 1 is 1.24 bits per heavy atom. The van der Waals surface area contributed by atoms with Crippen molar-refractivity contribution < 1.29 is 13.9 Å². The average molecular weight is 295 g/mol. The lowest BCUT2D eigenvalue weighted by molar-refractivity contribution is 0.0240. The molecule has 1 heterocycles. The number of halogens is 1. The number of benzene rings is 1. The summed E-state index contributed by atoms with van der Waals surface area (Å²) in [6, 6.07) is 4.33. The Morgan fingerprint density at radius 3 is 2.43 bits per heavy atom. The van der Waals surface area contributed by atoms with E-state index < -0.39 is 5.60 Å². The van der Waals surface area contributed by atoms with Crippen LogP contribution in [0, 0.1) is 5.82 Å². The molecule has 0 spiro atoms. The minimum Gasteiger partial charge on any atom is -0.444 e. The Morgan fingerprint density at radius 2 is 1.86 bits per heavy atom. The highest BCUT2D eigenvalue weighted by atomic mass is 19.1. The van der Waals surface area contributed by atoms with Gasteiger partial charge in [-0.1, -0.05) is 0 Å². The first kappa shape index (κ1) is 15.4. The summed E-state index contributed by atoms with van der Waals surface area (Å²) in [5, 5.41) is 0. The van der Waals surface area contributed by atoms with E-state index in [1.54, 1.807) is 11.0 Å². The highest BCUT2D eigenvalue weighted by Gasteiger charge is 2.26. The molecule has 116 valence electrons. The van der Waals surface area contributed by atoms with E-state index in [4.69, 9.17) is 10.5 Å². The van der Waals surface area contributed by atoms with Crippen molar-refractivity contribution in [3.63, 3.8) is 0 Å². The van der Waals surface area contributed by atoms with E-state index in [9.17, 15) is 9.18 Å². The third kappa shape index (κ3) is 4.00. The highest BCUT2D eigenvalue weighted by Crippen LogP contribution is 2.25. The number of ether oxygens (including phenoxy) is 1. The summed E-state index contributed by atoms with van der Waals surface area (Å²) >= 11 is 0. The van der Waals surface area contributed by atoms with Gasteiger partial charge in [0.15, 0.2) is 0 Å². The van der Waals surface area contributed by atoms with E-state index in [1.165, 1.54) is 12.1 Å². The van der Waals surface area contributed by atoms with Crippen molar-refractivity contribution in [2.75, 3.05) is 36.8 Å². The zero-order chi connectivity index (χ0) is 15.6. The quantitative estimate of drug-likeness (QED) is 0.809. The van der Waals surface area contributed by atoms with Crippen LogP contribution in [0.3, 0.4) is 0 Å². The van der Waals surface area contributed by atoms with Crippen LogP contribution in [-0.4, -0.2) is 42.8 Å². The topological polar surface area (TPSA) is 58.8 Å². The largest absolute Gasteiger partial charge is 0.444 e. The van der Waals surface area contributed by atoms with Gasteiger partial charge in [0, 0.05) is 26.2 Å². The summed E-state index contributed by atoms with van der Waals surface area (Å²) in [5.74, 6) is -0.311. The molecule has 21 heavy (non-hydrogen) atoms. The summed E-state index contributed by atoms with van der Waals surface area (Å²) in [6.07, 6.45) is -0.311. The third-order valence-electron chi connectivity index (χ3n) is 3.26. The van der Waals surface area contributed by atoms with Crippen LogP contribution in [0.5, 0.6) is 0 Å². The van der Waals surface area contributed by atoms with E-state index in [2.05, 4.69) is 0 Å². The molecule has 1 aromatic carbocycles. The van der Waals surface area contributed by atoms with Gasteiger partial charge in [0.2, 0.25) is 0 Å². The molecule has 0 unspecified atom stereocenters. The average Bonchev–Trinajstić information content (AvgIpc) is 2.40. The van der Waals surface area contributed by atoms with Gasteiger partial charge in [-0.2, -0.15) is 0 Å². The van der Waals surface area contributed by atoms with Gasteiger partial charge >= 0.3 is 6.09 Å². The second-order valence-corrected chi connectivity index (χ2v) is 6.16. The van der Waals surface area contributed by atoms with E-state index in [0.717, 1.165) is 0 Å². The maximum Gasteiger partial charge on any atom is 0.410 e. The summed E-state index contributed by atoms with van der Waals surface area (Å²) in [6.45, 7) is 7.80. The fraction of sp³-hybridized carbons (Fsp3) is 0.533. The number of carbonyl (C=O) groups excluding carboxylic acids is 1. The lowest BCUT2D eigenvalue weighted by Crippen LogP contribution is -2.50. The summed E-state index contributed by atoms with van der Waals surface area (Å²) < 4.78 is 18.7. The van der Waals surface area contributed by atoms with Gasteiger partial charge in [-0.15, -0.1) is 0 Å². The molecule has 1 aliphatic heterocycles. The van der Waals surface area contributed by atoms with Crippen LogP contribution in [-0.2, 0) is 4.74 Å². The number of amides is 1. The molecule has 0 saturated carbocycles. The monoisotopic (exact) mass is 295 g/mol. The molecule has 1 fully saturated rings. The van der Waals surface area contributed by atoms with E-state index in [1.807, 2.05) is 25.7 Å². The molecule has 6 heteroatoms. The van der Waals surface area contributed by atoms with Gasteiger partial charge in [0.25, 0.3) is 0 Å². The molecule has 1 aromatic rings. The van der Waals surface area contributed by atoms with Gasteiger partial charge < -0.3 is 20.3 Å². The molecule has 1 amide bonds. The zero-order valence-electron chi connectivity index (χ0n) is 12.7. The lowest BCUT2D eigenvalue weighted by Gasteiger charge is -2.37. The van der Waals surface area contributed by atoms with Crippen LogP contribution < -0.4 is 10.6 Å². The van der Waals surface area contributed by atoms with Crippen LogP contribution in [0.2, 0.25) is 0 Å². The number of nitrogen functional groups attached to an aromatic ring is 1. The van der Waals surface area contributed by atoms with Crippen molar-refractivity contribution in [2.24, 2.45) is 0 Å². The SMILES string of the molecule is CC(C)(C)OC(=O)N1CCN(c2cc(F)ccc2N)CC1. The summed E-state index contributed by atoms with van der Waals surface area (Å²) in [7, 11) is 0. The zero-order valence-corrected chi connectivity index (χ0v) is 12.7. The predicted octanol–water partition coefficient (Wildman–Crippen LogP) is 2.47. The number of nitrogens with two attached hydrogens (primary N) is 1. The van der Waals surface area contributed by atoms with Crippen LogP contribution in [0.4, 0.5) is 20.6 Å². The molecule has 2 N–H and O–H groups in total. The van der Waals surface area contributed by atoms with E-state index in [0.29, 0.717) is 37.6 Å². The van der Waals surface area contributed by atoms with Gasteiger partial charge in [-0.25, -0.2) is 9.18 Å². The first-order valence-electron chi connectivity index (χ1n) is 7.04. The van der Waals surface area contributed by atoms with Crippen molar-refractivity contribution in [1.29, 1.82) is 0 Å². The van der Waals surface area contributed by atoms with Crippen LogP contribution >= 0.6 is 0 Å². The van der Waals surface area contributed by atoms with Crippen LogP contribution in [0.25, 0.3) is 0 Å². The van der Waals surface area contributed by atoms with Crippen LogP contribution in [0.15, 0.2) is 18.2 Å². The van der Waals surface area contributed by atoms with Crippen LogP contribution in [0.1, 0.15) is 20.8 Å². The molecule has 0 aliphatic carbocycles. The Labute approximate surface area is 124 Å². The fourth-order valence-corrected chi connectivity index (χ4v) is 2.25. The molecule has 0 radical (unpaired) electrons. The van der Waals surface area contributed by atoms with Crippen molar-refractivity contribution in [1.82, 2.24) is 4.90 Å². The van der Waals surface area contributed by atoms with E-state index in [-0.39, 0.29) is 11.9 Å². The molecule has 2 rings (SSSR count). The number of carbonyl (C=O) groups is 1. The number of hydrogen-bond acceptors (Lipinski definition) is 4. The van der Waals surface area contributed by atoms with Crippen molar-refractivity contribution in [3.8, 4) is 0 Å². The van der Waals surface area contributed by atoms with Gasteiger partial charge in [0.1, 0.15) is 11.4 Å². The van der Waals surface area contributed by atoms with Crippen molar-refractivity contribution in [2.45, 2.75) is 26.4 Å². The standard InChI is InChI=1S/C15H22FN3O2/c1-15(2,3)21-14(20)19-8-6-18(7-9-19)13-10-11(16)4-5-12(13)17/h4-5,10H,6-9,17H2,1-3H3.